The van der Waals surface area contributed by atoms with Crippen molar-refractivity contribution in [2.24, 2.45) is 0 Å². The van der Waals surface area contributed by atoms with Crippen LogP contribution >= 0.6 is 0 Å². The van der Waals surface area contributed by atoms with Gasteiger partial charge in [-0.15, -0.1) is 0 Å². The third-order valence-electron chi connectivity index (χ3n) is 3.01. The molecule has 108 valence electrons. The van der Waals surface area contributed by atoms with Crippen LogP contribution in [0.2, 0.25) is 0 Å². The standard InChI is InChI=1S/C14H18N2O4/c1-19-10-5-6-11(12(7-10)20-2)14(18)15-8-13(17)16-9-3-4-9/h5-7,9H,3-4,8H2,1-2H3,(H,15,18)(H,16,17). The van der Waals surface area contributed by atoms with E-state index in [1.165, 1.54) is 14.2 Å². The molecule has 2 N–H and O–H groups in total. The summed E-state index contributed by atoms with van der Waals surface area (Å²) in [5, 5.41) is 5.37. The van der Waals surface area contributed by atoms with Gasteiger partial charge in [0.15, 0.2) is 0 Å². The zero-order valence-corrected chi connectivity index (χ0v) is 11.6. The molecule has 0 atom stereocenters. The topological polar surface area (TPSA) is 76.7 Å². The highest BCUT2D eigenvalue weighted by Gasteiger charge is 2.23. The molecule has 1 fully saturated rings. The smallest absolute Gasteiger partial charge is 0.255 e. The second-order valence-electron chi connectivity index (χ2n) is 4.59. The van der Waals surface area contributed by atoms with Gasteiger partial charge in [-0.1, -0.05) is 0 Å². The molecule has 6 heteroatoms. The number of rotatable bonds is 6. The molecule has 6 nitrogen and oxygen atoms in total. The van der Waals surface area contributed by atoms with Crippen LogP contribution in [0.4, 0.5) is 0 Å². The highest BCUT2D eigenvalue weighted by Crippen LogP contribution is 2.24. The molecule has 0 spiro atoms. The van der Waals surface area contributed by atoms with Gasteiger partial charge in [-0.25, -0.2) is 0 Å². The van der Waals surface area contributed by atoms with Crippen LogP contribution in [-0.4, -0.2) is 38.6 Å². The van der Waals surface area contributed by atoms with Gasteiger partial charge in [-0.05, 0) is 25.0 Å². The van der Waals surface area contributed by atoms with E-state index in [1.54, 1.807) is 18.2 Å². The van der Waals surface area contributed by atoms with Gasteiger partial charge in [-0.2, -0.15) is 0 Å². The number of methoxy groups -OCH3 is 2. The number of nitrogens with one attached hydrogen (secondary N) is 2. The minimum absolute atomic E-state index is 0.0372. The Bertz CT molecular complexity index is 512. The van der Waals surface area contributed by atoms with Crippen LogP contribution in [0.25, 0.3) is 0 Å². The Labute approximate surface area is 117 Å². The molecule has 20 heavy (non-hydrogen) atoms. The first-order valence-electron chi connectivity index (χ1n) is 6.43. The third kappa shape index (κ3) is 3.63. The first-order valence-corrected chi connectivity index (χ1v) is 6.43. The van der Waals surface area contributed by atoms with E-state index in [1.807, 2.05) is 0 Å². The quantitative estimate of drug-likeness (QED) is 0.803. The zero-order valence-electron chi connectivity index (χ0n) is 11.6. The highest BCUT2D eigenvalue weighted by molar-refractivity contribution is 5.99. The number of carbonyl (C=O) groups is 2. The van der Waals surface area contributed by atoms with Crippen LogP contribution < -0.4 is 20.1 Å². The molecule has 2 amide bonds. The van der Waals surface area contributed by atoms with Crippen molar-refractivity contribution in [1.82, 2.24) is 10.6 Å². The number of benzene rings is 1. The second-order valence-corrected chi connectivity index (χ2v) is 4.59. The lowest BCUT2D eigenvalue weighted by molar-refractivity contribution is -0.120. The molecule has 0 aliphatic heterocycles. The highest BCUT2D eigenvalue weighted by atomic mass is 16.5. The van der Waals surface area contributed by atoms with Gasteiger partial charge in [0.05, 0.1) is 26.3 Å². The van der Waals surface area contributed by atoms with Gasteiger partial charge < -0.3 is 20.1 Å². The number of ether oxygens (including phenoxy) is 2. The number of carbonyl (C=O) groups excluding carboxylic acids is 2. The summed E-state index contributed by atoms with van der Waals surface area (Å²) >= 11 is 0. The largest absolute Gasteiger partial charge is 0.497 e. The third-order valence-corrected chi connectivity index (χ3v) is 3.01. The molecule has 0 aromatic heterocycles. The maximum atomic E-state index is 12.0. The zero-order chi connectivity index (χ0) is 14.5. The van der Waals surface area contributed by atoms with E-state index >= 15 is 0 Å². The van der Waals surface area contributed by atoms with E-state index in [9.17, 15) is 9.59 Å². The molecule has 1 aliphatic carbocycles. The predicted octanol–water partition coefficient (Wildman–Crippen LogP) is 0.712. The maximum Gasteiger partial charge on any atom is 0.255 e. The van der Waals surface area contributed by atoms with Crippen molar-refractivity contribution >= 4 is 11.8 Å². The molecule has 1 aliphatic rings. The summed E-state index contributed by atoms with van der Waals surface area (Å²) in [6.45, 7) is -0.0372. The minimum Gasteiger partial charge on any atom is -0.497 e. The molecule has 1 saturated carbocycles. The van der Waals surface area contributed by atoms with Crippen LogP contribution in [-0.2, 0) is 4.79 Å². The lowest BCUT2D eigenvalue weighted by Gasteiger charge is -2.10. The average Bonchev–Trinajstić information content (AvgIpc) is 3.27. The molecular formula is C14H18N2O4. The summed E-state index contributed by atoms with van der Waals surface area (Å²) < 4.78 is 10.2. The van der Waals surface area contributed by atoms with Crippen LogP contribution in [0, 0.1) is 0 Å². The summed E-state index contributed by atoms with van der Waals surface area (Å²) in [6.07, 6.45) is 2.04. The normalized spacial score (nSPS) is 13.5. The SMILES string of the molecule is COc1ccc(C(=O)NCC(=O)NC2CC2)c(OC)c1. The monoisotopic (exact) mass is 278 g/mol. The molecule has 0 saturated heterocycles. The number of hydrogen-bond acceptors (Lipinski definition) is 4. The van der Waals surface area contributed by atoms with Gasteiger partial charge in [0.2, 0.25) is 5.91 Å². The van der Waals surface area contributed by atoms with Crippen molar-refractivity contribution in [3.8, 4) is 11.5 Å². The fraction of sp³-hybridized carbons (Fsp3) is 0.429. The van der Waals surface area contributed by atoms with Crippen molar-refractivity contribution < 1.29 is 19.1 Å². The lowest BCUT2D eigenvalue weighted by Crippen LogP contribution is -2.37. The van der Waals surface area contributed by atoms with Crippen molar-refractivity contribution in [3.05, 3.63) is 23.8 Å². The van der Waals surface area contributed by atoms with Crippen LogP contribution in [0.5, 0.6) is 11.5 Å². The molecule has 1 aromatic carbocycles. The number of hydrogen-bond donors (Lipinski definition) is 2. The minimum atomic E-state index is -0.351. The van der Waals surface area contributed by atoms with Crippen LogP contribution in [0.15, 0.2) is 18.2 Å². The molecular weight excluding hydrogens is 260 g/mol. The molecule has 0 radical (unpaired) electrons. The first-order chi connectivity index (χ1) is 9.63. The van der Waals surface area contributed by atoms with E-state index in [0.717, 1.165) is 12.8 Å². The number of amides is 2. The van der Waals surface area contributed by atoms with Crippen molar-refractivity contribution in [2.75, 3.05) is 20.8 Å². The Morgan fingerprint density at radius 1 is 1.25 bits per heavy atom. The van der Waals surface area contributed by atoms with Crippen molar-refractivity contribution in [1.29, 1.82) is 0 Å². The summed E-state index contributed by atoms with van der Waals surface area (Å²) in [5.41, 5.74) is 0.368. The van der Waals surface area contributed by atoms with Crippen LogP contribution in [0.1, 0.15) is 23.2 Å². The molecule has 1 aromatic rings. The van der Waals surface area contributed by atoms with Gasteiger partial charge in [0.25, 0.3) is 5.91 Å². The Morgan fingerprint density at radius 3 is 2.60 bits per heavy atom. The lowest BCUT2D eigenvalue weighted by atomic mass is 10.1. The van der Waals surface area contributed by atoms with E-state index in [-0.39, 0.29) is 24.4 Å². The van der Waals surface area contributed by atoms with Crippen LogP contribution in [0.3, 0.4) is 0 Å². The molecule has 0 unspecified atom stereocenters. The average molecular weight is 278 g/mol. The van der Waals surface area contributed by atoms with Gasteiger partial charge in [-0.3, -0.25) is 9.59 Å². The first kappa shape index (κ1) is 14.2. The fourth-order valence-electron chi connectivity index (χ4n) is 1.75. The van der Waals surface area contributed by atoms with Gasteiger partial charge in [0, 0.05) is 12.1 Å². The van der Waals surface area contributed by atoms with E-state index in [2.05, 4.69) is 10.6 Å². The van der Waals surface area contributed by atoms with Crippen molar-refractivity contribution in [3.63, 3.8) is 0 Å². The fourth-order valence-corrected chi connectivity index (χ4v) is 1.75. The van der Waals surface area contributed by atoms with E-state index in [4.69, 9.17) is 9.47 Å². The Morgan fingerprint density at radius 2 is 2.00 bits per heavy atom. The Hall–Kier alpha value is -2.24. The molecule has 0 bridgehead atoms. The second kappa shape index (κ2) is 6.27. The van der Waals surface area contributed by atoms with Gasteiger partial charge in [0.1, 0.15) is 11.5 Å². The molecule has 0 heterocycles. The summed E-state index contributed by atoms with van der Waals surface area (Å²) in [6, 6.07) is 5.18. The predicted molar refractivity (Wildman–Crippen MR) is 73.0 cm³/mol. The van der Waals surface area contributed by atoms with E-state index in [0.29, 0.717) is 17.1 Å². The van der Waals surface area contributed by atoms with Gasteiger partial charge >= 0.3 is 0 Å². The van der Waals surface area contributed by atoms with Crippen molar-refractivity contribution in [2.45, 2.75) is 18.9 Å². The Balaban J connectivity index is 1.95. The molecule has 2 rings (SSSR count). The maximum absolute atomic E-state index is 12.0. The Kier molecular flexibility index (Phi) is 4.45. The summed E-state index contributed by atoms with van der Waals surface area (Å²) in [4.78, 5) is 23.5. The summed E-state index contributed by atoms with van der Waals surface area (Å²) in [7, 11) is 3.02. The summed E-state index contributed by atoms with van der Waals surface area (Å²) in [5.74, 6) is 0.484. The van der Waals surface area contributed by atoms with E-state index < -0.39 is 0 Å².